The van der Waals surface area contributed by atoms with Crippen LogP contribution in [0.5, 0.6) is 0 Å². The van der Waals surface area contributed by atoms with Crippen molar-refractivity contribution in [1.82, 2.24) is 4.90 Å². The van der Waals surface area contributed by atoms with E-state index in [0.29, 0.717) is 12.8 Å². The van der Waals surface area contributed by atoms with Gasteiger partial charge >= 0.3 is 0 Å². The van der Waals surface area contributed by atoms with Crippen molar-refractivity contribution in [2.45, 2.75) is 53.4 Å². The van der Waals surface area contributed by atoms with E-state index < -0.39 is 0 Å². The van der Waals surface area contributed by atoms with E-state index >= 15 is 0 Å². The van der Waals surface area contributed by atoms with Gasteiger partial charge in [0, 0.05) is 25.1 Å². The number of benzene rings is 1. The zero-order valence-electron chi connectivity index (χ0n) is 13.7. The molecule has 0 fully saturated rings. The average molecular weight is 289 g/mol. The maximum absolute atomic E-state index is 12.2. The summed E-state index contributed by atoms with van der Waals surface area (Å²) in [5.41, 5.74) is 2.87. The van der Waals surface area contributed by atoms with Gasteiger partial charge in [0.1, 0.15) is 0 Å². The predicted octanol–water partition coefficient (Wildman–Crippen LogP) is 3.64. The van der Waals surface area contributed by atoms with Crippen LogP contribution in [-0.4, -0.2) is 29.7 Å². The van der Waals surface area contributed by atoms with Gasteiger partial charge in [-0.15, -0.1) is 0 Å². The number of hydrogen-bond donors (Lipinski definition) is 0. The highest BCUT2D eigenvalue weighted by atomic mass is 16.2. The first-order valence-corrected chi connectivity index (χ1v) is 7.99. The maximum Gasteiger partial charge on any atom is 0.226 e. The molecule has 1 rings (SSSR count). The Kier molecular flexibility index (Phi) is 7.13. The summed E-state index contributed by atoms with van der Waals surface area (Å²) < 4.78 is 0. The summed E-state index contributed by atoms with van der Waals surface area (Å²) in [4.78, 5) is 26.1. The van der Waals surface area contributed by atoms with Crippen LogP contribution < -0.4 is 0 Å². The van der Waals surface area contributed by atoms with E-state index in [4.69, 9.17) is 0 Å². The molecule has 0 saturated heterocycles. The van der Waals surface area contributed by atoms with E-state index in [2.05, 4.69) is 0 Å². The molecule has 0 bridgehead atoms. The molecule has 0 aliphatic carbocycles. The summed E-state index contributed by atoms with van der Waals surface area (Å²) >= 11 is 0. The van der Waals surface area contributed by atoms with E-state index in [1.54, 1.807) is 0 Å². The molecule has 0 N–H and O–H groups in total. The summed E-state index contributed by atoms with van der Waals surface area (Å²) in [6, 6.07) is 5.83. The fourth-order valence-electron chi connectivity index (χ4n) is 2.55. The highest BCUT2D eigenvalue weighted by Gasteiger charge is 2.14. The third-order valence-corrected chi connectivity index (χ3v) is 3.80. The third-order valence-electron chi connectivity index (χ3n) is 3.80. The molecule has 0 atom stereocenters. The summed E-state index contributed by atoms with van der Waals surface area (Å²) in [5, 5.41) is 0. The van der Waals surface area contributed by atoms with Crippen LogP contribution in [-0.2, 0) is 17.6 Å². The van der Waals surface area contributed by atoms with Gasteiger partial charge in [0.2, 0.25) is 5.91 Å². The highest BCUT2D eigenvalue weighted by molar-refractivity contribution is 5.97. The van der Waals surface area contributed by atoms with E-state index in [-0.39, 0.29) is 11.7 Å². The Morgan fingerprint density at radius 3 is 2.24 bits per heavy atom. The first-order valence-electron chi connectivity index (χ1n) is 7.99. The molecule has 3 heteroatoms. The molecular weight excluding hydrogens is 262 g/mol. The number of aryl methyl sites for hydroxylation is 1. The Hall–Kier alpha value is -1.64. The number of carbonyl (C=O) groups excluding carboxylic acids is 2. The average Bonchev–Trinajstić information content (AvgIpc) is 2.48. The molecule has 0 spiro atoms. The Bertz CT molecular complexity index is 490. The van der Waals surface area contributed by atoms with Crippen LogP contribution in [0.15, 0.2) is 18.2 Å². The molecule has 0 aliphatic rings. The smallest absolute Gasteiger partial charge is 0.226 e. The normalized spacial score (nSPS) is 10.5. The van der Waals surface area contributed by atoms with Crippen molar-refractivity contribution in [2.24, 2.45) is 0 Å². The lowest BCUT2D eigenvalue weighted by molar-refractivity contribution is -0.130. The summed E-state index contributed by atoms with van der Waals surface area (Å²) in [6.45, 7) is 9.53. The second-order valence-corrected chi connectivity index (χ2v) is 5.26. The Morgan fingerprint density at radius 1 is 1.05 bits per heavy atom. The van der Waals surface area contributed by atoms with Gasteiger partial charge in [-0.05, 0) is 37.8 Å². The first kappa shape index (κ1) is 17.4. The molecule has 21 heavy (non-hydrogen) atoms. The summed E-state index contributed by atoms with van der Waals surface area (Å²) in [7, 11) is 0. The van der Waals surface area contributed by atoms with E-state index in [0.717, 1.165) is 42.6 Å². The van der Waals surface area contributed by atoms with Gasteiger partial charge in [0.25, 0.3) is 0 Å². The predicted molar refractivity (Wildman–Crippen MR) is 86.7 cm³/mol. The number of hydrogen-bond acceptors (Lipinski definition) is 2. The SMILES string of the molecule is CCCC(=O)c1ccc(CC(=O)N(CC)CC)cc1CC. The Balaban J connectivity index is 2.92. The van der Waals surface area contributed by atoms with E-state index in [9.17, 15) is 9.59 Å². The second-order valence-electron chi connectivity index (χ2n) is 5.26. The zero-order chi connectivity index (χ0) is 15.8. The lowest BCUT2D eigenvalue weighted by Crippen LogP contribution is -2.31. The molecule has 0 unspecified atom stereocenters. The number of likely N-dealkylation sites (N-methyl/N-ethyl adjacent to an activating group) is 1. The van der Waals surface area contributed by atoms with Gasteiger partial charge in [-0.2, -0.15) is 0 Å². The second kappa shape index (κ2) is 8.60. The van der Waals surface area contributed by atoms with Crippen molar-refractivity contribution in [1.29, 1.82) is 0 Å². The quantitative estimate of drug-likeness (QED) is 0.685. The Labute approximate surface area is 128 Å². The lowest BCUT2D eigenvalue weighted by Gasteiger charge is -2.19. The molecule has 0 aromatic heterocycles. The van der Waals surface area contributed by atoms with Crippen LogP contribution in [0, 0.1) is 0 Å². The minimum absolute atomic E-state index is 0.148. The van der Waals surface area contributed by atoms with Crippen molar-refractivity contribution in [3.63, 3.8) is 0 Å². The lowest BCUT2D eigenvalue weighted by atomic mass is 9.95. The number of rotatable bonds is 8. The molecular formula is C18H27NO2. The molecule has 1 aromatic rings. The first-order chi connectivity index (χ1) is 10.1. The molecule has 0 heterocycles. The van der Waals surface area contributed by atoms with Crippen LogP contribution in [0.4, 0.5) is 0 Å². The van der Waals surface area contributed by atoms with Crippen LogP contribution in [0.25, 0.3) is 0 Å². The highest BCUT2D eigenvalue weighted by Crippen LogP contribution is 2.17. The minimum Gasteiger partial charge on any atom is -0.343 e. The summed E-state index contributed by atoms with van der Waals surface area (Å²) in [6.07, 6.45) is 2.68. The van der Waals surface area contributed by atoms with Crippen molar-refractivity contribution < 1.29 is 9.59 Å². The largest absolute Gasteiger partial charge is 0.343 e. The monoisotopic (exact) mass is 289 g/mol. The number of Topliss-reactive ketones (excluding diaryl/α,β-unsaturated/α-hetero) is 1. The van der Waals surface area contributed by atoms with Crippen LogP contribution in [0.1, 0.15) is 62.0 Å². The topological polar surface area (TPSA) is 37.4 Å². The number of amides is 1. The van der Waals surface area contributed by atoms with Crippen molar-refractivity contribution >= 4 is 11.7 Å². The van der Waals surface area contributed by atoms with Gasteiger partial charge in [-0.3, -0.25) is 9.59 Å². The van der Waals surface area contributed by atoms with Gasteiger partial charge < -0.3 is 4.90 Å². The Morgan fingerprint density at radius 2 is 1.71 bits per heavy atom. The number of nitrogens with zero attached hydrogens (tertiary/aromatic N) is 1. The molecule has 0 radical (unpaired) electrons. The van der Waals surface area contributed by atoms with E-state index in [1.807, 2.05) is 50.8 Å². The number of carbonyl (C=O) groups is 2. The standard InChI is InChI=1S/C18H27NO2/c1-5-9-17(20)16-11-10-14(12-15(16)6-2)13-18(21)19(7-3)8-4/h10-12H,5-9,13H2,1-4H3. The fraction of sp³-hybridized carbons (Fsp3) is 0.556. The van der Waals surface area contributed by atoms with Gasteiger partial charge in [0.05, 0.1) is 6.42 Å². The van der Waals surface area contributed by atoms with Crippen molar-refractivity contribution in [3.05, 3.63) is 34.9 Å². The molecule has 1 amide bonds. The third kappa shape index (κ3) is 4.69. The maximum atomic E-state index is 12.2. The molecule has 1 aromatic carbocycles. The molecule has 3 nitrogen and oxygen atoms in total. The minimum atomic E-state index is 0.148. The van der Waals surface area contributed by atoms with Crippen molar-refractivity contribution in [2.75, 3.05) is 13.1 Å². The van der Waals surface area contributed by atoms with Gasteiger partial charge in [-0.1, -0.05) is 32.0 Å². The summed E-state index contributed by atoms with van der Waals surface area (Å²) in [5.74, 6) is 0.352. The van der Waals surface area contributed by atoms with Crippen LogP contribution in [0.2, 0.25) is 0 Å². The molecule has 0 saturated carbocycles. The van der Waals surface area contributed by atoms with E-state index in [1.165, 1.54) is 0 Å². The number of ketones is 1. The van der Waals surface area contributed by atoms with Crippen molar-refractivity contribution in [3.8, 4) is 0 Å². The molecule has 0 aliphatic heterocycles. The van der Waals surface area contributed by atoms with Gasteiger partial charge in [-0.25, -0.2) is 0 Å². The fourth-order valence-corrected chi connectivity index (χ4v) is 2.55. The van der Waals surface area contributed by atoms with Crippen LogP contribution in [0.3, 0.4) is 0 Å². The molecule has 116 valence electrons. The van der Waals surface area contributed by atoms with Gasteiger partial charge in [0.15, 0.2) is 5.78 Å². The van der Waals surface area contributed by atoms with Crippen LogP contribution >= 0.6 is 0 Å². The zero-order valence-corrected chi connectivity index (χ0v) is 13.7.